The predicted octanol–water partition coefficient (Wildman–Crippen LogP) is 1.59. The van der Waals surface area contributed by atoms with Crippen LogP contribution in [0, 0.1) is 5.41 Å². The van der Waals surface area contributed by atoms with Crippen LogP contribution in [0.25, 0.3) is 0 Å². The van der Waals surface area contributed by atoms with Gasteiger partial charge in [0.25, 0.3) is 0 Å². The van der Waals surface area contributed by atoms with Crippen molar-refractivity contribution in [1.29, 1.82) is 0 Å². The zero-order chi connectivity index (χ0) is 12.6. The number of rotatable bonds is 6. The van der Waals surface area contributed by atoms with E-state index in [1.807, 2.05) is 6.07 Å². The van der Waals surface area contributed by atoms with Gasteiger partial charge in [-0.15, -0.1) is 0 Å². The molecule has 1 aromatic heterocycles. The van der Waals surface area contributed by atoms with Gasteiger partial charge in [0.15, 0.2) is 0 Å². The summed E-state index contributed by atoms with van der Waals surface area (Å²) in [5.41, 5.74) is 0.524. The second-order valence-corrected chi connectivity index (χ2v) is 5.39. The van der Waals surface area contributed by atoms with E-state index in [4.69, 9.17) is 9.26 Å². The van der Waals surface area contributed by atoms with Crippen molar-refractivity contribution in [1.82, 2.24) is 10.5 Å². The minimum Gasteiger partial charge on any atom is -0.384 e. The second kappa shape index (κ2) is 4.39. The summed E-state index contributed by atoms with van der Waals surface area (Å²) in [5, 5.41) is 6.89. The Hall–Kier alpha value is -1.36. The van der Waals surface area contributed by atoms with Crippen molar-refractivity contribution >= 4 is 5.91 Å². The summed E-state index contributed by atoms with van der Waals surface area (Å²) < 4.78 is 10.3. The molecule has 1 amide bonds. The summed E-state index contributed by atoms with van der Waals surface area (Å²) in [5.74, 6) is 1.59. The average molecular weight is 250 g/mol. The molecule has 2 fully saturated rings. The number of hydrogen-bond donors (Lipinski definition) is 1. The van der Waals surface area contributed by atoms with Crippen LogP contribution in [-0.4, -0.2) is 24.8 Å². The number of nitrogens with one attached hydrogen (secondary N) is 1. The van der Waals surface area contributed by atoms with Crippen molar-refractivity contribution in [3.8, 4) is 0 Å². The Balaban J connectivity index is 1.52. The smallest absolute Gasteiger partial charge is 0.228 e. The number of nitrogens with zero attached hydrogens (tertiary/aromatic N) is 1. The van der Waals surface area contributed by atoms with Gasteiger partial charge in [-0.25, -0.2) is 0 Å². The fourth-order valence-corrected chi connectivity index (χ4v) is 2.19. The van der Waals surface area contributed by atoms with Crippen LogP contribution in [-0.2, 0) is 16.1 Å². The SMILES string of the molecule is COCC1(C(=O)NCc2cc(C3CC3)on2)CC1. The lowest BCUT2D eigenvalue weighted by molar-refractivity contribution is -0.128. The summed E-state index contributed by atoms with van der Waals surface area (Å²) in [6.45, 7) is 0.950. The highest BCUT2D eigenvalue weighted by atomic mass is 16.5. The third-order valence-corrected chi connectivity index (χ3v) is 3.74. The maximum Gasteiger partial charge on any atom is 0.228 e. The van der Waals surface area contributed by atoms with E-state index in [0.29, 0.717) is 19.1 Å². The number of amides is 1. The molecule has 2 aliphatic rings. The lowest BCUT2D eigenvalue weighted by atomic mass is 10.1. The van der Waals surface area contributed by atoms with Crippen molar-refractivity contribution in [3.05, 3.63) is 17.5 Å². The fourth-order valence-electron chi connectivity index (χ4n) is 2.19. The number of methoxy groups -OCH3 is 1. The van der Waals surface area contributed by atoms with E-state index in [-0.39, 0.29) is 11.3 Å². The van der Waals surface area contributed by atoms with Gasteiger partial charge in [-0.3, -0.25) is 4.79 Å². The highest BCUT2D eigenvalue weighted by Crippen LogP contribution is 2.46. The number of hydrogen-bond acceptors (Lipinski definition) is 4. The molecule has 98 valence electrons. The first-order valence-corrected chi connectivity index (χ1v) is 6.46. The Morgan fingerprint density at radius 1 is 1.61 bits per heavy atom. The van der Waals surface area contributed by atoms with E-state index in [0.717, 1.165) is 24.3 Å². The number of carbonyl (C=O) groups is 1. The van der Waals surface area contributed by atoms with Gasteiger partial charge in [0.2, 0.25) is 5.91 Å². The van der Waals surface area contributed by atoms with Gasteiger partial charge in [0, 0.05) is 19.1 Å². The topological polar surface area (TPSA) is 64.4 Å². The molecule has 5 nitrogen and oxygen atoms in total. The van der Waals surface area contributed by atoms with E-state index < -0.39 is 0 Å². The van der Waals surface area contributed by atoms with Crippen LogP contribution in [0.5, 0.6) is 0 Å². The average Bonchev–Trinajstić information content (AvgIpc) is 3.28. The molecule has 1 N–H and O–H groups in total. The maximum atomic E-state index is 12.0. The first-order chi connectivity index (χ1) is 8.73. The minimum atomic E-state index is -0.280. The molecule has 0 bridgehead atoms. The highest BCUT2D eigenvalue weighted by molar-refractivity contribution is 5.85. The zero-order valence-electron chi connectivity index (χ0n) is 10.6. The number of ether oxygens (including phenoxy) is 1. The third kappa shape index (κ3) is 2.27. The van der Waals surface area contributed by atoms with Crippen molar-refractivity contribution in [3.63, 3.8) is 0 Å². The third-order valence-electron chi connectivity index (χ3n) is 3.74. The monoisotopic (exact) mass is 250 g/mol. The summed E-state index contributed by atoms with van der Waals surface area (Å²) in [4.78, 5) is 12.0. The first kappa shape index (κ1) is 11.7. The van der Waals surface area contributed by atoms with Crippen LogP contribution in [0.15, 0.2) is 10.6 Å². The summed E-state index contributed by atoms with van der Waals surface area (Å²) in [6, 6.07) is 1.95. The molecule has 0 unspecified atom stereocenters. The molecule has 2 saturated carbocycles. The molecule has 3 rings (SSSR count). The summed E-state index contributed by atoms with van der Waals surface area (Å²) >= 11 is 0. The Labute approximate surface area is 106 Å². The Bertz CT molecular complexity index is 447. The maximum absolute atomic E-state index is 12.0. The van der Waals surface area contributed by atoms with Crippen molar-refractivity contribution in [2.75, 3.05) is 13.7 Å². The Morgan fingerprint density at radius 2 is 2.39 bits per heavy atom. The minimum absolute atomic E-state index is 0.0697. The van der Waals surface area contributed by atoms with Gasteiger partial charge < -0.3 is 14.6 Å². The van der Waals surface area contributed by atoms with Crippen LogP contribution < -0.4 is 5.32 Å². The second-order valence-electron chi connectivity index (χ2n) is 5.39. The van der Waals surface area contributed by atoms with Crippen molar-refractivity contribution < 1.29 is 14.1 Å². The largest absolute Gasteiger partial charge is 0.384 e. The van der Waals surface area contributed by atoms with Gasteiger partial charge in [-0.05, 0) is 25.7 Å². The molecule has 2 aliphatic carbocycles. The number of carbonyl (C=O) groups excluding carboxylic acids is 1. The molecule has 1 heterocycles. The van der Waals surface area contributed by atoms with Crippen LogP contribution in [0.2, 0.25) is 0 Å². The molecule has 0 atom stereocenters. The van der Waals surface area contributed by atoms with Crippen molar-refractivity contribution in [2.45, 2.75) is 38.1 Å². The van der Waals surface area contributed by atoms with E-state index in [2.05, 4.69) is 10.5 Å². The molecular formula is C13H18N2O3. The lowest BCUT2D eigenvalue weighted by Gasteiger charge is -2.12. The first-order valence-electron chi connectivity index (χ1n) is 6.46. The van der Waals surface area contributed by atoms with Gasteiger partial charge in [0.1, 0.15) is 11.5 Å². The molecule has 0 saturated heterocycles. The quantitative estimate of drug-likeness (QED) is 0.832. The van der Waals surface area contributed by atoms with Gasteiger partial charge in [-0.1, -0.05) is 5.16 Å². The Morgan fingerprint density at radius 3 is 3.00 bits per heavy atom. The van der Waals surface area contributed by atoms with E-state index >= 15 is 0 Å². The molecule has 0 radical (unpaired) electrons. The molecular weight excluding hydrogens is 232 g/mol. The van der Waals surface area contributed by atoms with Gasteiger partial charge in [-0.2, -0.15) is 0 Å². The van der Waals surface area contributed by atoms with E-state index in [1.54, 1.807) is 7.11 Å². The standard InChI is InChI=1S/C13H18N2O3/c1-17-8-13(4-5-13)12(16)14-7-10-6-11(18-15-10)9-2-3-9/h6,9H,2-5,7-8H2,1H3,(H,14,16). The van der Waals surface area contributed by atoms with Crippen molar-refractivity contribution in [2.24, 2.45) is 5.41 Å². The normalized spacial score (nSPS) is 20.7. The molecule has 18 heavy (non-hydrogen) atoms. The van der Waals surface area contributed by atoms with Gasteiger partial charge in [0.05, 0.1) is 18.6 Å². The van der Waals surface area contributed by atoms with Crippen LogP contribution in [0.1, 0.15) is 43.1 Å². The molecule has 5 heteroatoms. The molecule has 1 aromatic rings. The summed E-state index contributed by atoms with van der Waals surface area (Å²) in [7, 11) is 1.63. The number of aromatic nitrogens is 1. The Kier molecular flexibility index (Phi) is 2.86. The fraction of sp³-hybridized carbons (Fsp3) is 0.692. The molecule has 0 aromatic carbocycles. The van der Waals surface area contributed by atoms with Crippen LogP contribution in [0.3, 0.4) is 0 Å². The lowest BCUT2D eigenvalue weighted by Crippen LogP contribution is -2.34. The van der Waals surface area contributed by atoms with E-state index in [1.165, 1.54) is 12.8 Å². The molecule has 0 aliphatic heterocycles. The zero-order valence-corrected chi connectivity index (χ0v) is 10.6. The highest BCUT2D eigenvalue weighted by Gasteiger charge is 2.49. The van der Waals surface area contributed by atoms with Crippen LogP contribution in [0.4, 0.5) is 0 Å². The predicted molar refractivity (Wildman–Crippen MR) is 63.9 cm³/mol. The molecule has 0 spiro atoms. The summed E-state index contributed by atoms with van der Waals surface area (Å²) in [6.07, 6.45) is 4.22. The van der Waals surface area contributed by atoms with E-state index in [9.17, 15) is 4.79 Å². The van der Waals surface area contributed by atoms with Gasteiger partial charge >= 0.3 is 0 Å². The van der Waals surface area contributed by atoms with Crippen LogP contribution >= 0.6 is 0 Å².